The fraction of sp³-hybridized carbons (Fsp3) is 0.286. The van der Waals surface area contributed by atoms with Crippen LogP contribution in [0.3, 0.4) is 0 Å². The zero-order valence-electron chi connectivity index (χ0n) is 14.6. The van der Waals surface area contributed by atoms with Crippen LogP contribution in [-0.2, 0) is 11.8 Å². The zero-order valence-corrected chi connectivity index (χ0v) is 14.6. The van der Waals surface area contributed by atoms with E-state index >= 15 is 0 Å². The standard InChI is InChI=1S/C21H24N2O/c1-21(2)18-6-4-5-7-19(18)23(3)20(21)12-14-22-17-10-8-16(9-11-17)13-15-24/h4-12,14,24H,13,15H2,1-3H3/p+1. The number of rotatable bonds is 5. The van der Waals surface area contributed by atoms with E-state index in [-0.39, 0.29) is 12.0 Å². The Balaban J connectivity index is 1.76. The minimum atomic E-state index is -0.00545. The van der Waals surface area contributed by atoms with E-state index in [1.165, 1.54) is 17.0 Å². The Morgan fingerprint density at radius 3 is 2.46 bits per heavy atom. The molecule has 0 bridgehead atoms. The van der Waals surface area contributed by atoms with Crippen molar-refractivity contribution in [3.63, 3.8) is 0 Å². The van der Waals surface area contributed by atoms with Crippen molar-refractivity contribution in [3.8, 4) is 0 Å². The molecular formula is C21H25N2O+. The highest BCUT2D eigenvalue weighted by molar-refractivity contribution is 6.03. The van der Waals surface area contributed by atoms with E-state index in [4.69, 9.17) is 5.11 Å². The van der Waals surface area contributed by atoms with E-state index in [0.717, 1.165) is 11.3 Å². The molecule has 0 radical (unpaired) electrons. The first-order valence-electron chi connectivity index (χ1n) is 8.37. The lowest BCUT2D eigenvalue weighted by molar-refractivity contribution is -0.401. The summed E-state index contributed by atoms with van der Waals surface area (Å²) in [5, 5.41) is 12.3. The summed E-state index contributed by atoms with van der Waals surface area (Å²) in [6, 6.07) is 16.7. The van der Waals surface area contributed by atoms with Crippen molar-refractivity contribution in [1.29, 1.82) is 0 Å². The Kier molecular flexibility index (Phi) is 4.54. The topological polar surface area (TPSA) is 35.3 Å². The van der Waals surface area contributed by atoms with Crippen LogP contribution < -0.4 is 5.32 Å². The molecular weight excluding hydrogens is 296 g/mol. The second-order valence-electron chi connectivity index (χ2n) is 6.73. The highest BCUT2D eigenvalue weighted by Crippen LogP contribution is 2.38. The number of para-hydroxylation sites is 1. The summed E-state index contributed by atoms with van der Waals surface area (Å²) in [5.74, 6) is 0. The van der Waals surface area contributed by atoms with E-state index in [1.54, 1.807) is 0 Å². The van der Waals surface area contributed by atoms with Crippen LogP contribution in [0.5, 0.6) is 0 Å². The van der Waals surface area contributed by atoms with E-state index in [9.17, 15) is 0 Å². The van der Waals surface area contributed by atoms with Crippen LogP contribution in [-0.4, -0.2) is 29.0 Å². The summed E-state index contributed by atoms with van der Waals surface area (Å²) in [6.45, 7) is 4.71. The van der Waals surface area contributed by atoms with Gasteiger partial charge in [-0.05, 0) is 38.0 Å². The highest BCUT2D eigenvalue weighted by atomic mass is 16.2. The number of fused-ring (bicyclic) bond motifs is 1. The molecule has 0 saturated heterocycles. The Hall–Kier alpha value is -2.39. The molecule has 1 aliphatic rings. The van der Waals surface area contributed by atoms with Gasteiger partial charge in [0.2, 0.25) is 5.69 Å². The molecule has 2 aromatic rings. The molecule has 3 rings (SSSR count). The Bertz CT molecular complexity index is 786. The summed E-state index contributed by atoms with van der Waals surface area (Å²) in [6.07, 6.45) is 4.85. The summed E-state index contributed by atoms with van der Waals surface area (Å²) in [5.41, 5.74) is 6.09. The smallest absolute Gasteiger partial charge is 0.209 e. The van der Waals surface area contributed by atoms with Gasteiger partial charge in [0.05, 0.1) is 5.41 Å². The van der Waals surface area contributed by atoms with Gasteiger partial charge >= 0.3 is 0 Å². The monoisotopic (exact) mass is 321 g/mol. The van der Waals surface area contributed by atoms with Gasteiger partial charge in [0.1, 0.15) is 7.05 Å². The molecule has 0 aliphatic carbocycles. The normalized spacial score (nSPS) is 15.8. The van der Waals surface area contributed by atoms with Gasteiger partial charge in [0.15, 0.2) is 5.71 Å². The number of nitrogens with one attached hydrogen (secondary N) is 1. The minimum Gasteiger partial charge on any atom is -0.396 e. The molecule has 3 nitrogen and oxygen atoms in total. The van der Waals surface area contributed by atoms with Gasteiger partial charge in [-0.1, -0.05) is 30.3 Å². The van der Waals surface area contributed by atoms with Crippen molar-refractivity contribution >= 4 is 17.1 Å². The van der Waals surface area contributed by atoms with Crippen molar-refractivity contribution in [2.45, 2.75) is 25.7 Å². The second-order valence-corrected chi connectivity index (χ2v) is 6.73. The molecule has 2 N–H and O–H groups in total. The molecule has 1 heterocycles. The summed E-state index contributed by atoms with van der Waals surface area (Å²) in [4.78, 5) is 0. The van der Waals surface area contributed by atoms with Crippen LogP contribution in [0, 0.1) is 0 Å². The number of aliphatic hydroxyl groups is 1. The fourth-order valence-corrected chi connectivity index (χ4v) is 3.42. The maximum Gasteiger partial charge on any atom is 0.209 e. The van der Waals surface area contributed by atoms with Crippen molar-refractivity contribution in [3.05, 3.63) is 71.9 Å². The maximum atomic E-state index is 8.97. The molecule has 3 heteroatoms. The number of allylic oxidation sites excluding steroid dienone is 1. The quantitative estimate of drug-likeness (QED) is 0.820. The number of anilines is 1. The molecule has 0 amide bonds. The third kappa shape index (κ3) is 3.00. The third-order valence-electron chi connectivity index (χ3n) is 4.79. The van der Waals surface area contributed by atoms with Gasteiger partial charge < -0.3 is 10.4 Å². The van der Waals surface area contributed by atoms with Gasteiger partial charge in [-0.2, -0.15) is 4.58 Å². The Morgan fingerprint density at radius 2 is 1.79 bits per heavy atom. The lowest BCUT2D eigenvalue weighted by atomic mass is 9.81. The average Bonchev–Trinajstić information content (AvgIpc) is 2.78. The first-order chi connectivity index (χ1) is 11.5. The fourth-order valence-electron chi connectivity index (χ4n) is 3.42. The molecule has 0 unspecified atom stereocenters. The van der Waals surface area contributed by atoms with Crippen LogP contribution in [0.15, 0.2) is 60.8 Å². The van der Waals surface area contributed by atoms with E-state index in [2.05, 4.69) is 61.1 Å². The molecule has 0 spiro atoms. The van der Waals surface area contributed by atoms with Gasteiger partial charge in [-0.25, -0.2) is 0 Å². The number of hydrogen-bond donors (Lipinski definition) is 2. The zero-order chi connectivity index (χ0) is 17.2. The van der Waals surface area contributed by atoms with Gasteiger partial charge in [-0.15, -0.1) is 0 Å². The number of benzene rings is 2. The molecule has 0 saturated carbocycles. The summed E-state index contributed by atoms with van der Waals surface area (Å²) >= 11 is 0. The van der Waals surface area contributed by atoms with Gasteiger partial charge in [-0.3, -0.25) is 0 Å². The third-order valence-corrected chi connectivity index (χ3v) is 4.79. The lowest BCUT2D eigenvalue weighted by Gasteiger charge is -2.15. The maximum absolute atomic E-state index is 8.97. The van der Waals surface area contributed by atoms with Gasteiger partial charge in [0, 0.05) is 36.2 Å². The number of aliphatic hydroxyl groups excluding tert-OH is 1. The second kappa shape index (κ2) is 6.62. The first-order valence-corrected chi connectivity index (χ1v) is 8.37. The van der Waals surface area contributed by atoms with Crippen molar-refractivity contribution in [2.75, 3.05) is 19.0 Å². The number of hydrogen-bond acceptors (Lipinski definition) is 2. The molecule has 0 aromatic heterocycles. The lowest BCUT2D eigenvalue weighted by Crippen LogP contribution is -2.26. The first kappa shape index (κ1) is 16.5. The van der Waals surface area contributed by atoms with E-state index in [1.807, 2.05) is 30.5 Å². The van der Waals surface area contributed by atoms with Crippen LogP contribution in [0.2, 0.25) is 0 Å². The van der Waals surface area contributed by atoms with Crippen LogP contribution in [0.1, 0.15) is 25.0 Å². The predicted molar refractivity (Wildman–Crippen MR) is 100 cm³/mol. The molecule has 1 aliphatic heterocycles. The molecule has 24 heavy (non-hydrogen) atoms. The van der Waals surface area contributed by atoms with Crippen LogP contribution in [0.4, 0.5) is 11.4 Å². The Morgan fingerprint density at radius 1 is 1.08 bits per heavy atom. The van der Waals surface area contributed by atoms with Crippen LogP contribution in [0.25, 0.3) is 0 Å². The largest absolute Gasteiger partial charge is 0.396 e. The summed E-state index contributed by atoms with van der Waals surface area (Å²) < 4.78 is 2.26. The molecule has 2 aromatic carbocycles. The van der Waals surface area contributed by atoms with Gasteiger partial charge in [0.25, 0.3) is 0 Å². The highest BCUT2D eigenvalue weighted by Gasteiger charge is 2.42. The molecule has 0 atom stereocenters. The average molecular weight is 321 g/mol. The van der Waals surface area contributed by atoms with Crippen molar-refractivity contribution in [1.82, 2.24) is 0 Å². The Labute approximate surface area is 144 Å². The molecule has 124 valence electrons. The van der Waals surface area contributed by atoms with E-state index in [0.29, 0.717) is 6.42 Å². The molecule has 0 fully saturated rings. The minimum absolute atomic E-state index is 0.00545. The summed E-state index contributed by atoms with van der Waals surface area (Å²) in [7, 11) is 2.12. The van der Waals surface area contributed by atoms with E-state index < -0.39 is 0 Å². The predicted octanol–water partition coefficient (Wildman–Crippen LogP) is 3.85. The van der Waals surface area contributed by atoms with Crippen molar-refractivity contribution < 1.29 is 9.68 Å². The van der Waals surface area contributed by atoms with Crippen LogP contribution >= 0.6 is 0 Å². The SMILES string of the molecule is C[N+]1=C(/C=C/Nc2ccc(CCO)cc2)C(C)(C)c2ccccc21. The number of nitrogens with zero attached hydrogens (tertiary/aromatic N) is 1. The van der Waals surface area contributed by atoms with Crippen molar-refractivity contribution in [2.24, 2.45) is 0 Å².